The number of aromatic hydroxyl groups is 1. The van der Waals surface area contributed by atoms with Crippen LogP contribution in [-0.2, 0) is 19.1 Å². The molecular formula is C28H28O18. The van der Waals surface area contributed by atoms with Gasteiger partial charge in [0, 0.05) is 23.8 Å². The normalized spacial score (nSPS) is 31.3. The second kappa shape index (κ2) is 12.7. The highest BCUT2D eigenvalue weighted by Gasteiger charge is 2.49. The Hall–Kier alpha value is -4.53. The van der Waals surface area contributed by atoms with Gasteiger partial charge in [-0.15, -0.1) is 0 Å². The smallest absolute Gasteiger partial charge is 0.335 e. The van der Waals surface area contributed by atoms with E-state index in [1.54, 1.807) is 0 Å². The van der Waals surface area contributed by atoms with E-state index in [0.29, 0.717) is 0 Å². The van der Waals surface area contributed by atoms with E-state index in [9.17, 15) is 60.3 Å². The van der Waals surface area contributed by atoms with Gasteiger partial charge in [0.2, 0.25) is 12.6 Å². The molecule has 18 nitrogen and oxygen atoms in total. The van der Waals surface area contributed by atoms with Gasteiger partial charge in [-0.1, -0.05) is 0 Å². The lowest BCUT2D eigenvalue weighted by Crippen LogP contribution is -2.61. The number of carboxylic acids is 2. The fraction of sp³-hybridized carbons (Fsp3) is 0.393. The topological polar surface area (TPSA) is 293 Å². The summed E-state index contributed by atoms with van der Waals surface area (Å²) in [5, 5.41) is 89.5. The van der Waals surface area contributed by atoms with E-state index in [0.717, 1.165) is 18.2 Å². The number of rotatable bonds is 8. The maximum Gasteiger partial charge on any atom is 0.335 e. The maximum absolute atomic E-state index is 13.0. The molecule has 0 spiro atoms. The Morgan fingerprint density at radius 2 is 1.28 bits per heavy atom. The highest BCUT2D eigenvalue weighted by atomic mass is 16.7. The molecule has 9 N–H and O–H groups in total. The third kappa shape index (κ3) is 6.02. The van der Waals surface area contributed by atoms with Gasteiger partial charge in [0.15, 0.2) is 29.1 Å². The number of fused-ring (bicyclic) bond motifs is 1. The van der Waals surface area contributed by atoms with Gasteiger partial charge in [-0.05, 0) is 18.2 Å². The van der Waals surface area contributed by atoms with E-state index >= 15 is 0 Å². The number of aliphatic carboxylic acids is 2. The number of aliphatic hydroxyl groups is 6. The summed E-state index contributed by atoms with van der Waals surface area (Å²) in [5.74, 6) is -4.45. The molecule has 2 aliphatic heterocycles. The average molecular weight is 653 g/mol. The molecule has 46 heavy (non-hydrogen) atoms. The monoisotopic (exact) mass is 652 g/mol. The molecule has 18 heteroatoms. The molecule has 2 aromatic carbocycles. The molecule has 0 bridgehead atoms. The maximum atomic E-state index is 13.0. The molecule has 3 heterocycles. The molecule has 10 unspecified atom stereocenters. The van der Waals surface area contributed by atoms with Crippen molar-refractivity contribution in [1.82, 2.24) is 0 Å². The summed E-state index contributed by atoms with van der Waals surface area (Å²) in [6.45, 7) is 0. The summed E-state index contributed by atoms with van der Waals surface area (Å²) in [5.41, 5.74) is -0.845. The first-order chi connectivity index (χ1) is 21.7. The molecule has 0 amide bonds. The van der Waals surface area contributed by atoms with Gasteiger partial charge in [0.05, 0.1) is 7.11 Å². The number of benzene rings is 2. The van der Waals surface area contributed by atoms with Crippen LogP contribution in [0.15, 0.2) is 45.6 Å². The fourth-order valence-corrected chi connectivity index (χ4v) is 4.93. The lowest BCUT2D eigenvalue weighted by atomic mass is 9.99. The van der Waals surface area contributed by atoms with Crippen LogP contribution in [0.5, 0.6) is 23.0 Å². The molecule has 2 fully saturated rings. The molecule has 10 atom stereocenters. The number of phenols is 1. The number of aliphatic hydroxyl groups excluding tert-OH is 6. The second-order valence-corrected chi connectivity index (χ2v) is 10.4. The summed E-state index contributed by atoms with van der Waals surface area (Å²) in [6, 6.07) is 7.13. The zero-order valence-electron chi connectivity index (χ0n) is 23.4. The third-order valence-electron chi connectivity index (χ3n) is 7.35. The number of hydrogen-bond donors (Lipinski definition) is 9. The van der Waals surface area contributed by atoms with Crippen LogP contribution in [0.3, 0.4) is 0 Å². The number of ether oxygens (including phenoxy) is 5. The van der Waals surface area contributed by atoms with E-state index in [4.69, 9.17) is 28.1 Å². The molecule has 0 aliphatic carbocycles. The van der Waals surface area contributed by atoms with Crippen molar-refractivity contribution < 1.29 is 83.6 Å². The fourth-order valence-electron chi connectivity index (χ4n) is 4.93. The van der Waals surface area contributed by atoms with Gasteiger partial charge in [-0.2, -0.15) is 0 Å². The van der Waals surface area contributed by atoms with Crippen molar-refractivity contribution in [3.63, 3.8) is 0 Å². The van der Waals surface area contributed by atoms with E-state index in [2.05, 4.69) is 0 Å². The summed E-state index contributed by atoms with van der Waals surface area (Å²) in [6.07, 6.45) is -19.2. The summed E-state index contributed by atoms with van der Waals surface area (Å²) >= 11 is 0. The standard InChI is InChI=1S/C28H28O18/c1-41-12-3-2-8(4-14(12)44-28-22(36)18(32)20(34)24(46-28)26(39)40)13-7-11(30)16-10(29)5-9(6-15(16)43-13)42-27-21(35)17(31)19(33)23(45-27)25(37)38/h2-7,17-24,27-29,31-36H,1H3,(H,37,38)(H,39,40). The number of carboxylic acid groups (broad SMARTS) is 2. The van der Waals surface area contributed by atoms with Gasteiger partial charge < -0.3 is 74.1 Å². The van der Waals surface area contributed by atoms with Crippen molar-refractivity contribution >= 4 is 22.9 Å². The van der Waals surface area contributed by atoms with Gasteiger partial charge in [-0.25, -0.2) is 9.59 Å². The van der Waals surface area contributed by atoms with Crippen molar-refractivity contribution in [3.05, 3.63) is 46.6 Å². The zero-order valence-corrected chi connectivity index (χ0v) is 23.4. The van der Waals surface area contributed by atoms with Crippen LogP contribution in [0.25, 0.3) is 22.3 Å². The van der Waals surface area contributed by atoms with E-state index in [1.165, 1.54) is 25.3 Å². The van der Waals surface area contributed by atoms with Gasteiger partial charge in [0.25, 0.3) is 0 Å². The molecule has 248 valence electrons. The van der Waals surface area contributed by atoms with E-state index < -0.39 is 84.5 Å². The van der Waals surface area contributed by atoms with Crippen molar-refractivity contribution in [2.24, 2.45) is 0 Å². The zero-order chi connectivity index (χ0) is 33.6. The van der Waals surface area contributed by atoms with Crippen LogP contribution in [0.2, 0.25) is 0 Å². The number of carbonyl (C=O) groups is 2. The summed E-state index contributed by atoms with van der Waals surface area (Å²) in [4.78, 5) is 35.9. The Labute approximate surface area is 256 Å². The van der Waals surface area contributed by atoms with Crippen molar-refractivity contribution in [2.45, 2.75) is 61.4 Å². The van der Waals surface area contributed by atoms with Crippen LogP contribution >= 0.6 is 0 Å². The van der Waals surface area contributed by atoms with Crippen molar-refractivity contribution in [2.75, 3.05) is 7.11 Å². The minimum absolute atomic E-state index is 0.0431. The largest absolute Gasteiger partial charge is 0.507 e. The summed E-state index contributed by atoms with van der Waals surface area (Å²) < 4.78 is 32.4. The average Bonchev–Trinajstić information content (AvgIpc) is 3.00. The Morgan fingerprint density at radius 3 is 1.83 bits per heavy atom. The van der Waals surface area contributed by atoms with Gasteiger partial charge >= 0.3 is 11.9 Å². The quantitative estimate of drug-likeness (QED) is 0.124. The lowest BCUT2D eigenvalue weighted by Gasteiger charge is -2.38. The number of methoxy groups -OCH3 is 1. The SMILES string of the molecule is COc1ccc(-c2cc(=O)c3c(O)cc(OC4OC(C(=O)O)C(O)C(O)C4O)cc3o2)cc1OC1OC(C(=O)O)C(O)C(O)C1O. The molecule has 0 saturated carbocycles. The minimum Gasteiger partial charge on any atom is -0.507 e. The van der Waals surface area contributed by atoms with Crippen LogP contribution in [0, 0.1) is 0 Å². The predicted octanol–water partition coefficient (Wildman–Crippen LogP) is -2.28. The molecule has 1 aromatic heterocycles. The molecular weight excluding hydrogens is 624 g/mol. The van der Waals surface area contributed by atoms with Crippen molar-refractivity contribution in [1.29, 1.82) is 0 Å². The lowest BCUT2D eigenvalue weighted by molar-refractivity contribution is -0.271. The Bertz CT molecular complexity index is 1690. The Kier molecular flexibility index (Phi) is 9.07. The first kappa shape index (κ1) is 32.9. The molecule has 0 radical (unpaired) electrons. The molecule has 2 saturated heterocycles. The molecule has 2 aliphatic rings. The van der Waals surface area contributed by atoms with Gasteiger partial charge in [-0.3, -0.25) is 4.79 Å². The van der Waals surface area contributed by atoms with E-state index in [-0.39, 0.29) is 39.5 Å². The first-order valence-corrected chi connectivity index (χ1v) is 13.4. The number of phenolic OH excluding ortho intramolecular Hbond substituents is 1. The minimum atomic E-state index is -1.97. The van der Waals surface area contributed by atoms with Gasteiger partial charge in [0.1, 0.15) is 64.9 Å². The van der Waals surface area contributed by atoms with Crippen LogP contribution < -0.4 is 19.6 Å². The second-order valence-electron chi connectivity index (χ2n) is 10.4. The molecule has 3 aromatic rings. The highest BCUT2D eigenvalue weighted by Crippen LogP contribution is 2.37. The van der Waals surface area contributed by atoms with Crippen LogP contribution in [-0.4, -0.2) is 126 Å². The van der Waals surface area contributed by atoms with Crippen LogP contribution in [0.1, 0.15) is 0 Å². The van der Waals surface area contributed by atoms with Crippen molar-refractivity contribution in [3.8, 4) is 34.3 Å². The third-order valence-corrected chi connectivity index (χ3v) is 7.35. The van der Waals surface area contributed by atoms with E-state index in [1.807, 2.05) is 0 Å². The Morgan fingerprint density at radius 1 is 0.717 bits per heavy atom. The van der Waals surface area contributed by atoms with Crippen LogP contribution in [0.4, 0.5) is 0 Å². The predicted molar refractivity (Wildman–Crippen MR) is 146 cm³/mol. The summed E-state index contributed by atoms with van der Waals surface area (Å²) in [7, 11) is 1.27. The highest BCUT2D eigenvalue weighted by molar-refractivity contribution is 5.86. The first-order valence-electron chi connectivity index (χ1n) is 13.4. The Balaban J connectivity index is 1.47. The number of hydrogen-bond acceptors (Lipinski definition) is 16. The molecule has 5 rings (SSSR count).